The third-order valence-electron chi connectivity index (χ3n) is 3.70. The smallest absolute Gasteiger partial charge is 0.123 e. The molecule has 0 amide bonds. The molecule has 0 fully saturated rings. The summed E-state index contributed by atoms with van der Waals surface area (Å²) in [5, 5.41) is 0. The fourth-order valence-electron chi connectivity index (χ4n) is 2.85. The van der Waals surface area contributed by atoms with Crippen molar-refractivity contribution in [3.8, 4) is 5.75 Å². The van der Waals surface area contributed by atoms with E-state index in [1.807, 2.05) is 18.2 Å². The van der Waals surface area contributed by atoms with Gasteiger partial charge in [-0.25, -0.2) is 4.39 Å². The minimum Gasteiger partial charge on any atom is -0.497 e. The van der Waals surface area contributed by atoms with Crippen molar-refractivity contribution in [3.63, 3.8) is 0 Å². The summed E-state index contributed by atoms with van der Waals surface area (Å²) in [6.45, 7) is 0.966. The zero-order chi connectivity index (χ0) is 15.9. The maximum atomic E-state index is 13.4. The summed E-state index contributed by atoms with van der Waals surface area (Å²) in [6.07, 6.45) is 1.82. The number of methoxy groups -OCH3 is 1. The van der Waals surface area contributed by atoms with Gasteiger partial charge >= 0.3 is 0 Å². The van der Waals surface area contributed by atoms with E-state index in [9.17, 15) is 4.39 Å². The Balaban J connectivity index is 2.11. The number of benzene rings is 2. The molecule has 0 aliphatic carbocycles. The molecule has 0 saturated carbocycles. The van der Waals surface area contributed by atoms with Crippen molar-refractivity contribution < 1.29 is 9.13 Å². The van der Waals surface area contributed by atoms with E-state index in [2.05, 4.69) is 31.1 Å². The number of rotatable bonds is 7. The van der Waals surface area contributed by atoms with E-state index in [-0.39, 0.29) is 5.82 Å². The van der Waals surface area contributed by atoms with Crippen molar-refractivity contribution in [1.29, 1.82) is 0 Å². The predicted octanol–water partition coefficient (Wildman–Crippen LogP) is 3.80. The first-order chi connectivity index (χ1) is 10.6. The van der Waals surface area contributed by atoms with Gasteiger partial charge in [0.05, 0.1) is 7.11 Å². The van der Waals surface area contributed by atoms with Gasteiger partial charge in [-0.1, -0.05) is 24.3 Å². The predicted molar refractivity (Wildman–Crippen MR) is 88.8 cm³/mol. The molecular weight excluding hydrogens is 277 g/mol. The van der Waals surface area contributed by atoms with Crippen LogP contribution in [-0.4, -0.2) is 32.6 Å². The molecule has 0 N–H and O–H groups in total. The van der Waals surface area contributed by atoms with Gasteiger partial charge in [-0.05, 0) is 68.2 Å². The minimum atomic E-state index is -0.164. The molecule has 2 aromatic rings. The lowest BCUT2D eigenvalue weighted by atomic mass is 9.92. The second kappa shape index (κ2) is 7.95. The summed E-state index contributed by atoms with van der Waals surface area (Å²) in [5.41, 5.74) is 2.30. The van der Waals surface area contributed by atoms with E-state index in [0.717, 1.165) is 30.7 Å². The third-order valence-corrected chi connectivity index (χ3v) is 3.70. The van der Waals surface area contributed by atoms with Gasteiger partial charge in [-0.2, -0.15) is 0 Å². The van der Waals surface area contributed by atoms with E-state index in [4.69, 9.17) is 4.74 Å². The molecule has 0 aromatic heterocycles. The molecule has 0 bridgehead atoms. The Hall–Kier alpha value is -1.87. The van der Waals surface area contributed by atoms with E-state index in [1.165, 1.54) is 11.6 Å². The summed E-state index contributed by atoms with van der Waals surface area (Å²) in [7, 11) is 5.83. The Labute approximate surface area is 132 Å². The molecule has 2 aromatic carbocycles. The lowest BCUT2D eigenvalue weighted by Crippen LogP contribution is -2.25. The molecule has 0 aliphatic heterocycles. The largest absolute Gasteiger partial charge is 0.497 e. The molecule has 1 unspecified atom stereocenters. The highest BCUT2D eigenvalue weighted by Gasteiger charge is 2.13. The number of halogens is 1. The molecule has 0 spiro atoms. The Morgan fingerprint density at radius 3 is 2.23 bits per heavy atom. The molecule has 2 rings (SSSR count). The number of hydrogen-bond acceptors (Lipinski definition) is 2. The molecule has 2 nitrogen and oxygen atoms in total. The van der Waals surface area contributed by atoms with Gasteiger partial charge in [0.25, 0.3) is 0 Å². The molecule has 0 saturated heterocycles. The zero-order valence-corrected chi connectivity index (χ0v) is 13.6. The average molecular weight is 301 g/mol. The van der Waals surface area contributed by atoms with Gasteiger partial charge in [0.15, 0.2) is 0 Å². The maximum absolute atomic E-state index is 13.4. The first-order valence-electron chi connectivity index (χ1n) is 7.59. The van der Waals surface area contributed by atoms with Crippen LogP contribution in [0.15, 0.2) is 48.5 Å². The third kappa shape index (κ3) is 5.15. The molecular formula is C19H24FNO. The van der Waals surface area contributed by atoms with Gasteiger partial charge in [-0.3, -0.25) is 0 Å². The minimum absolute atomic E-state index is 0.164. The Bertz CT molecular complexity index is 597. The molecule has 0 heterocycles. The highest BCUT2D eigenvalue weighted by molar-refractivity contribution is 5.29. The van der Waals surface area contributed by atoms with Gasteiger partial charge in [0.2, 0.25) is 0 Å². The van der Waals surface area contributed by atoms with Crippen molar-refractivity contribution in [3.05, 3.63) is 65.5 Å². The van der Waals surface area contributed by atoms with Crippen molar-refractivity contribution >= 4 is 0 Å². The van der Waals surface area contributed by atoms with Crippen LogP contribution in [0.3, 0.4) is 0 Å². The van der Waals surface area contributed by atoms with E-state index in [1.54, 1.807) is 19.2 Å². The van der Waals surface area contributed by atoms with Crippen molar-refractivity contribution in [1.82, 2.24) is 4.90 Å². The molecule has 0 radical (unpaired) electrons. The molecule has 3 heteroatoms. The van der Waals surface area contributed by atoms with Gasteiger partial charge < -0.3 is 9.64 Å². The van der Waals surface area contributed by atoms with Crippen LogP contribution in [0.2, 0.25) is 0 Å². The molecule has 22 heavy (non-hydrogen) atoms. The molecule has 0 aliphatic rings. The summed E-state index contributed by atoms with van der Waals surface area (Å²) < 4.78 is 18.7. The lowest BCUT2D eigenvalue weighted by molar-refractivity contribution is 0.320. The SMILES string of the molecule is COc1cccc(CC(Cc2cccc(F)c2)CN(C)C)c1. The summed E-state index contributed by atoms with van der Waals surface area (Å²) in [6, 6.07) is 15.1. The Morgan fingerprint density at radius 2 is 1.64 bits per heavy atom. The van der Waals surface area contributed by atoms with E-state index < -0.39 is 0 Å². The molecule has 118 valence electrons. The van der Waals surface area contributed by atoms with Crippen LogP contribution in [0.1, 0.15) is 11.1 Å². The molecule has 1 atom stereocenters. The number of hydrogen-bond donors (Lipinski definition) is 0. The number of nitrogens with zero attached hydrogens (tertiary/aromatic N) is 1. The number of ether oxygens (including phenoxy) is 1. The highest BCUT2D eigenvalue weighted by atomic mass is 19.1. The van der Waals surface area contributed by atoms with Crippen LogP contribution >= 0.6 is 0 Å². The first kappa shape index (κ1) is 16.5. The van der Waals surface area contributed by atoms with Crippen molar-refractivity contribution in [2.45, 2.75) is 12.8 Å². The van der Waals surface area contributed by atoms with Crippen LogP contribution in [0.5, 0.6) is 5.75 Å². The maximum Gasteiger partial charge on any atom is 0.123 e. The van der Waals surface area contributed by atoms with E-state index in [0.29, 0.717) is 5.92 Å². The highest BCUT2D eigenvalue weighted by Crippen LogP contribution is 2.19. The fourth-order valence-corrected chi connectivity index (χ4v) is 2.85. The van der Waals surface area contributed by atoms with Gasteiger partial charge in [0, 0.05) is 6.54 Å². The van der Waals surface area contributed by atoms with Crippen LogP contribution in [0.25, 0.3) is 0 Å². The Morgan fingerprint density at radius 1 is 1.00 bits per heavy atom. The van der Waals surface area contributed by atoms with Gasteiger partial charge in [-0.15, -0.1) is 0 Å². The standard InChI is InChI=1S/C19H24FNO/c1-21(2)14-17(10-15-6-4-8-18(20)12-15)11-16-7-5-9-19(13-16)22-3/h4-9,12-13,17H,10-11,14H2,1-3H3. The van der Waals surface area contributed by atoms with Crippen molar-refractivity contribution in [2.75, 3.05) is 27.7 Å². The fraction of sp³-hybridized carbons (Fsp3) is 0.368. The second-order valence-corrected chi connectivity index (χ2v) is 6.02. The normalized spacial score (nSPS) is 12.4. The summed E-state index contributed by atoms with van der Waals surface area (Å²) in [4.78, 5) is 2.18. The first-order valence-corrected chi connectivity index (χ1v) is 7.59. The van der Waals surface area contributed by atoms with Gasteiger partial charge in [0.1, 0.15) is 11.6 Å². The van der Waals surface area contributed by atoms with Crippen LogP contribution in [-0.2, 0) is 12.8 Å². The van der Waals surface area contributed by atoms with Crippen LogP contribution in [0.4, 0.5) is 4.39 Å². The topological polar surface area (TPSA) is 12.5 Å². The second-order valence-electron chi connectivity index (χ2n) is 6.02. The van der Waals surface area contributed by atoms with Crippen molar-refractivity contribution in [2.24, 2.45) is 5.92 Å². The monoisotopic (exact) mass is 301 g/mol. The quantitative estimate of drug-likeness (QED) is 0.771. The summed E-state index contributed by atoms with van der Waals surface area (Å²) >= 11 is 0. The zero-order valence-electron chi connectivity index (χ0n) is 13.6. The Kier molecular flexibility index (Phi) is 5.96. The summed E-state index contributed by atoms with van der Waals surface area (Å²) in [5.74, 6) is 1.15. The van der Waals surface area contributed by atoms with Crippen LogP contribution < -0.4 is 4.74 Å². The van der Waals surface area contributed by atoms with E-state index >= 15 is 0 Å². The van der Waals surface area contributed by atoms with Crippen LogP contribution in [0, 0.1) is 11.7 Å². The average Bonchev–Trinajstić information content (AvgIpc) is 2.46. The lowest BCUT2D eigenvalue weighted by Gasteiger charge is -2.21.